The van der Waals surface area contributed by atoms with Crippen LogP contribution in [0.1, 0.15) is 24.7 Å². The lowest BCUT2D eigenvalue weighted by atomic mass is 10.0. The number of hydrogen-bond acceptors (Lipinski definition) is 3. The molecule has 1 N–H and O–H groups in total. The molecule has 0 aliphatic heterocycles. The quantitative estimate of drug-likeness (QED) is 0.849. The van der Waals surface area contributed by atoms with Crippen LogP contribution in [0.5, 0.6) is 0 Å². The van der Waals surface area contributed by atoms with E-state index in [0.717, 1.165) is 37.2 Å². The van der Waals surface area contributed by atoms with Gasteiger partial charge in [-0.25, -0.2) is 4.98 Å². The van der Waals surface area contributed by atoms with Crippen LogP contribution in [0.15, 0.2) is 24.5 Å². The fourth-order valence-corrected chi connectivity index (χ4v) is 2.82. The van der Waals surface area contributed by atoms with Crippen LogP contribution in [-0.4, -0.2) is 27.4 Å². The lowest BCUT2D eigenvalue weighted by Crippen LogP contribution is -2.34. The molecule has 0 aliphatic carbocycles. The fraction of sp³-hybridized carbons (Fsp3) is 0.467. The van der Waals surface area contributed by atoms with Crippen molar-refractivity contribution in [2.45, 2.75) is 32.2 Å². The van der Waals surface area contributed by atoms with Gasteiger partial charge < -0.3 is 5.32 Å². The summed E-state index contributed by atoms with van der Waals surface area (Å²) in [5, 5.41) is 9.08. The van der Waals surface area contributed by atoms with E-state index in [0.29, 0.717) is 10.0 Å². The number of hydrogen-bond donors (Lipinski definition) is 1. The molecule has 1 aromatic heterocycles. The van der Waals surface area contributed by atoms with Crippen molar-refractivity contribution in [3.63, 3.8) is 0 Å². The molecule has 1 heterocycles. The summed E-state index contributed by atoms with van der Waals surface area (Å²) in [6.07, 6.45) is 4.21. The number of nitrogens with one attached hydrogen (secondary N) is 1. The highest BCUT2D eigenvalue weighted by Crippen LogP contribution is 2.26. The highest BCUT2D eigenvalue weighted by molar-refractivity contribution is 6.36. The number of aromatic nitrogens is 3. The van der Waals surface area contributed by atoms with Crippen LogP contribution in [0, 0.1) is 0 Å². The maximum atomic E-state index is 6.28. The third-order valence-electron chi connectivity index (χ3n) is 3.43. The highest BCUT2D eigenvalue weighted by atomic mass is 35.5. The van der Waals surface area contributed by atoms with E-state index in [2.05, 4.69) is 22.3 Å². The molecule has 0 bridgehead atoms. The molecule has 0 saturated heterocycles. The zero-order valence-corrected chi connectivity index (χ0v) is 13.8. The first-order valence-corrected chi connectivity index (χ1v) is 7.86. The maximum Gasteiger partial charge on any atom is 0.138 e. The van der Waals surface area contributed by atoms with Gasteiger partial charge in [-0.1, -0.05) is 36.2 Å². The Morgan fingerprint density at radius 3 is 2.52 bits per heavy atom. The molecule has 2 rings (SSSR count). The third-order valence-corrected chi connectivity index (χ3v) is 4.14. The molecule has 1 aromatic carbocycles. The summed E-state index contributed by atoms with van der Waals surface area (Å²) in [6.45, 7) is 3.10. The number of nitrogens with zero attached hydrogens (tertiary/aromatic N) is 3. The van der Waals surface area contributed by atoms with Crippen molar-refractivity contribution in [3.05, 3.63) is 46.0 Å². The molecule has 0 fully saturated rings. The van der Waals surface area contributed by atoms with Crippen LogP contribution in [0.4, 0.5) is 0 Å². The Balaban J connectivity index is 2.14. The van der Waals surface area contributed by atoms with Crippen molar-refractivity contribution >= 4 is 23.2 Å². The normalized spacial score (nSPS) is 12.6. The standard InChI is InChI=1S/C15H20Cl2N4/c1-3-7-18-11(9-15-19-10-20-21(15)2)8-12-13(16)5-4-6-14(12)17/h4-6,10-11,18H,3,7-9H2,1-2H3. The van der Waals surface area contributed by atoms with E-state index < -0.39 is 0 Å². The number of aryl methyl sites for hydroxylation is 1. The first-order chi connectivity index (χ1) is 10.1. The first-order valence-electron chi connectivity index (χ1n) is 7.11. The van der Waals surface area contributed by atoms with E-state index in [-0.39, 0.29) is 6.04 Å². The van der Waals surface area contributed by atoms with Gasteiger partial charge in [0, 0.05) is 29.6 Å². The minimum atomic E-state index is 0.227. The molecule has 1 unspecified atom stereocenters. The predicted molar refractivity (Wildman–Crippen MR) is 87.0 cm³/mol. The zero-order chi connectivity index (χ0) is 15.2. The molecule has 6 heteroatoms. The summed E-state index contributed by atoms with van der Waals surface area (Å²) >= 11 is 12.6. The molecule has 0 radical (unpaired) electrons. The largest absolute Gasteiger partial charge is 0.313 e. The Labute approximate surface area is 135 Å². The third kappa shape index (κ3) is 4.43. The Morgan fingerprint density at radius 1 is 1.24 bits per heavy atom. The lowest BCUT2D eigenvalue weighted by Gasteiger charge is -2.19. The van der Waals surface area contributed by atoms with Gasteiger partial charge in [-0.15, -0.1) is 0 Å². The van der Waals surface area contributed by atoms with Gasteiger partial charge >= 0.3 is 0 Å². The number of rotatable bonds is 7. The Morgan fingerprint density at radius 2 is 1.95 bits per heavy atom. The maximum absolute atomic E-state index is 6.28. The predicted octanol–water partition coefficient (Wildman–Crippen LogP) is 3.28. The van der Waals surface area contributed by atoms with Crippen molar-refractivity contribution in [2.75, 3.05) is 6.54 Å². The number of benzene rings is 1. The summed E-state index contributed by atoms with van der Waals surface area (Å²) in [5.41, 5.74) is 0.983. The van der Waals surface area contributed by atoms with E-state index in [9.17, 15) is 0 Å². The zero-order valence-electron chi connectivity index (χ0n) is 12.3. The van der Waals surface area contributed by atoms with E-state index in [1.165, 1.54) is 0 Å². The van der Waals surface area contributed by atoms with Crippen molar-refractivity contribution < 1.29 is 0 Å². The minimum Gasteiger partial charge on any atom is -0.313 e. The Bertz CT molecular complexity index is 563. The van der Waals surface area contributed by atoms with Gasteiger partial charge in [0.25, 0.3) is 0 Å². The second kappa shape index (κ2) is 7.78. The molecule has 21 heavy (non-hydrogen) atoms. The summed E-state index contributed by atoms with van der Waals surface area (Å²) in [5.74, 6) is 0.951. The van der Waals surface area contributed by atoms with E-state index in [1.54, 1.807) is 11.0 Å². The van der Waals surface area contributed by atoms with Crippen LogP contribution in [0.25, 0.3) is 0 Å². The molecule has 114 valence electrons. The fourth-order valence-electron chi connectivity index (χ4n) is 2.26. The Kier molecular flexibility index (Phi) is 6.03. The second-order valence-corrected chi connectivity index (χ2v) is 5.87. The van der Waals surface area contributed by atoms with Crippen LogP contribution in [0.2, 0.25) is 10.0 Å². The summed E-state index contributed by atoms with van der Waals surface area (Å²) in [4.78, 5) is 4.30. The molecule has 0 aliphatic rings. The van der Waals surface area contributed by atoms with Gasteiger partial charge in [0.15, 0.2) is 0 Å². The van der Waals surface area contributed by atoms with E-state index >= 15 is 0 Å². The van der Waals surface area contributed by atoms with Crippen molar-refractivity contribution in [3.8, 4) is 0 Å². The summed E-state index contributed by atoms with van der Waals surface area (Å²) < 4.78 is 1.80. The van der Waals surface area contributed by atoms with E-state index in [1.807, 2.05) is 25.2 Å². The SMILES string of the molecule is CCCNC(Cc1c(Cl)cccc1Cl)Cc1ncnn1C. The topological polar surface area (TPSA) is 42.7 Å². The van der Waals surface area contributed by atoms with Crippen molar-refractivity contribution in [1.82, 2.24) is 20.1 Å². The van der Waals surface area contributed by atoms with Gasteiger partial charge in [0.05, 0.1) is 0 Å². The van der Waals surface area contributed by atoms with Gasteiger partial charge in [-0.3, -0.25) is 4.68 Å². The summed E-state index contributed by atoms with van der Waals surface area (Å²) in [7, 11) is 1.90. The monoisotopic (exact) mass is 326 g/mol. The van der Waals surface area contributed by atoms with Gasteiger partial charge in [-0.05, 0) is 37.1 Å². The molecular formula is C15H20Cl2N4. The molecule has 0 spiro atoms. The smallest absolute Gasteiger partial charge is 0.138 e. The molecular weight excluding hydrogens is 307 g/mol. The molecule has 4 nitrogen and oxygen atoms in total. The van der Waals surface area contributed by atoms with Gasteiger partial charge in [-0.2, -0.15) is 5.10 Å². The lowest BCUT2D eigenvalue weighted by molar-refractivity contribution is 0.485. The van der Waals surface area contributed by atoms with Crippen LogP contribution < -0.4 is 5.32 Å². The van der Waals surface area contributed by atoms with Gasteiger partial charge in [0.1, 0.15) is 12.2 Å². The summed E-state index contributed by atoms with van der Waals surface area (Å²) in [6, 6.07) is 5.85. The first kappa shape index (κ1) is 16.3. The average Bonchev–Trinajstić information content (AvgIpc) is 2.85. The van der Waals surface area contributed by atoms with Gasteiger partial charge in [0.2, 0.25) is 0 Å². The second-order valence-electron chi connectivity index (χ2n) is 5.06. The molecule has 0 saturated carbocycles. The number of halogens is 2. The molecule has 2 aromatic rings. The average molecular weight is 327 g/mol. The van der Waals surface area contributed by atoms with Crippen LogP contribution in [-0.2, 0) is 19.9 Å². The van der Waals surface area contributed by atoms with Crippen molar-refractivity contribution in [1.29, 1.82) is 0 Å². The van der Waals surface area contributed by atoms with Crippen LogP contribution >= 0.6 is 23.2 Å². The Hall–Kier alpha value is -1.10. The van der Waals surface area contributed by atoms with Crippen molar-refractivity contribution in [2.24, 2.45) is 7.05 Å². The molecule has 0 amide bonds. The van der Waals surface area contributed by atoms with Crippen LogP contribution in [0.3, 0.4) is 0 Å². The highest BCUT2D eigenvalue weighted by Gasteiger charge is 2.16. The minimum absolute atomic E-state index is 0.227. The molecule has 1 atom stereocenters. The van der Waals surface area contributed by atoms with E-state index in [4.69, 9.17) is 23.2 Å².